The van der Waals surface area contributed by atoms with Gasteiger partial charge in [-0.2, -0.15) is 13.2 Å². The Hall–Kier alpha value is -2.46. The highest BCUT2D eigenvalue weighted by atomic mass is 35.5. The van der Waals surface area contributed by atoms with Crippen molar-refractivity contribution in [1.29, 1.82) is 0 Å². The van der Waals surface area contributed by atoms with Crippen molar-refractivity contribution in [2.75, 3.05) is 13.7 Å². The van der Waals surface area contributed by atoms with Gasteiger partial charge in [0, 0.05) is 31.1 Å². The van der Waals surface area contributed by atoms with Crippen LogP contribution in [0, 0.1) is 0 Å². The zero-order valence-corrected chi connectivity index (χ0v) is 22.0. The van der Waals surface area contributed by atoms with E-state index in [0.29, 0.717) is 23.5 Å². The summed E-state index contributed by atoms with van der Waals surface area (Å²) in [5.74, 6) is 0.679. The standard InChI is InChI=1S/C24H23Cl3F3N3O3/c1-5-12(2)21(15-7-17(26)20(8-16(15)25)35-11-13(3)34)36-23(31-4)19-10-33-9-14(24(28,29)30)6-18(27)22(33)32-19/h6-10,13,34H,5,11H2,1-4H3. The van der Waals surface area contributed by atoms with E-state index in [4.69, 9.17) is 44.3 Å². The Bertz CT molecular complexity index is 1330. The van der Waals surface area contributed by atoms with Crippen LogP contribution < -0.4 is 4.74 Å². The fourth-order valence-corrected chi connectivity index (χ4v) is 3.90. The molecule has 0 saturated heterocycles. The summed E-state index contributed by atoms with van der Waals surface area (Å²) in [6.07, 6.45) is -2.45. The smallest absolute Gasteiger partial charge is 0.417 e. The van der Waals surface area contributed by atoms with Gasteiger partial charge in [-0.15, -0.1) is 0 Å². The molecule has 1 aromatic carbocycles. The number of halogens is 6. The molecule has 2 aromatic heterocycles. The van der Waals surface area contributed by atoms with Gasteiger partial charge in [0.15, 0.2) is 5.65 Å². The van der Waals surface area contributed by atoms with Crippen molar-refractivity contribution in [2.24, 2.45) is 4.99 Å². The van der Waals surface area contributed by atoms with E-state index in [-0.39, 0.29) is 38.9 Å². The molecule has 0 saturated carbocycles. The number of pyridine rings is 1. The lowest BCUT2D eigenvalue weighted by Crippen LogP contribution is -2.13. The fourth-order valence-electron chi connectivity index (χ4n) is 3.18. The summed E-state index contributed by atoms with van der Waals surface area (Å²) in [5.41, 5.74) is 0.615. The van der Waals surface area contributed by atoms with E-state index < -0.39 is 17.8 Å². The van der Waals surface area contributed by atoms with E-state index >= 15 is 0 Å². The van der Waals surface area contributed by atoms with Gasteiger partial charge >= 0.3 is 6.18 Å². The number of hydrogen-bond donors (Lipinski definition) is 1. The molecule has 194 valence electrons. The van der Waals surface area contributed by atoms with Crippen molar-refractivity contribution in [1.82, 2.24) is 9.38 Å². The van der Waals surface area contributed by atoms with Gasteiger partial charge in [0.2, 0.25) is 5.90 Å². The molecule has 1 atom stereocenters. The van der Waals surface area contributed by atoms with Crippen LogP contribution in [0.5, 0.6) is 5.75 Å². The number of alkyl halides is 3. The minimum Gasteiger partial charge on any atom is -0.489 e. The second kappa shape index (κ2) is 11.3. The molecule has 12 heteroatoms. The summed E-state index contributed by atoms with van der Waals surface area (Å²) in [6, 6.07) is 3.89. The maximum Gasteiger partial charge on any atom is 0.417 e. The molecule has 3 rings (SSSR count). The number of hydrogen-bond acceptors (Lipinski definition) is 5. The molecule has 0 aliphatic carbocycles. The van der Waals surface area contributed by atoms with Crippen LogP contribution in [0.1, 0.15) is 44.0 Å². The minimum atomic E-state index is -4.57. The first-order valence-electron chi connectivity index (χ1n) is 10.8. The predicted octanol–water partition coefficient (Wildman–Crippen LogP) is 7.31. The lowest BCUT2D eigenvalue weighted by Gasteiger charge is -2.17. The molecule has 0 radical (unpaired) electrons. The van der Waals surface area contributed by atoms with Crippen LogP contribution in [-0.2, 0) is 10.9 Å². The molecule has 1 N–H and O–H groups in total. The number of nitrogens with zero attached hydrogens (tertiary/aromatic N) is 3. The summed E-state index contributed by atoms with van der Waals surface area (Å²) in [7, 11) is 1.46. The number of imidazole rings is 1. The average Bonchev–Trinajstić information content (AvgIpc) is 3.24. The molecule has 0 aliphatic rings. The number of aliphatic imine (C=N–C) groups is 1. The Morgan fingerprint density at radius 2 is 1.83 bits per heavy atom. The fraction of sp³-hybridized carbons (Fsp3) is 0.333. The summed E-state index contributed by atoms with van der Waals surface area (Å²) < 4.78 is 52.4. The molecule has 2 heterocycles. The lowest BCUT2D eigenvalue weighted by molar-refractivity contribution is -0.137. The van der Waals surface area contributed by atoms with Crippen LogP contribution in [0.4, 0.5) is 13.2 Å². The summed E-state index contributed by atoms with van der Waals surface area (Å²) >= 11 is 19.0. The molecular formula is C24H23Cl3F3N3O3. The van der Waals surface area contributed by atoms with Crippen LogP contribution in [0.25, 0.3) is 11.4 Å². The molecule has 0 spiro atoms. The number of rotatable bonds is 7. The molecule has 3 aromatic rings. The second-order valence-electron chi connectivity index (χ2n) is 7.95. The van der Waals surface area contributed by atoms with Gasteiger partial charge in [-0.1, -0.05) is 41.7 Å². The zero-order chi connectivity index (χ0) is 26.8. The Morgan fingerprint density at radius 3 is 2.42 bits per heavy atom. The van der Waals surface area contributed by atoms with Gasteiger partial charge in [0.05, 0.1) is 26.7 Å². The number of ether oxygens (including phenoxy) is 2. The van der Waals surface area contributed by atoms with Gasteiger partial charge < -0.3 is 19.0 Å². The second-order valence-corrected chi connectivity index (χ2v) is 9.17. The van der Waals surface area contributed by atoms with Crippen molar-refractivity contribution in [3.05, 3.63) is 68.1 Å². The van der Waals surface area contributed by atoms with Crippen LogP contribution in [-0.4, -0.2) is 40.1 Å². The van der Waals surface area contributed by atoms with E-state index in [1.165, 1.54) is 23.7 Å². The minimum absolute atomic E-state index is 0.0295. The molecule has 0 amide bonds. The monoisotopic (exact) mass is 563 g/mol. The third-order valence-corrected chi connectivity index (χ3v) is 6.00. The number of benzene rings is 1. The van der Waals surface area contributed by atoms with Crippen molar-refractivity contribution in [3.63, 3.8) is 0 Å². The normalized spacial score (nSPS) is 14.1. The molecule has 0 fully saturated rings. The van der Waals surface area contributed by atoms with E-state index in [1.54, 1.807) is 13.0 Å². The maximum absolute atomic E-state index is 13.2. The van der Waals surface area contributed by atoms with Crippen molar-refractivity contribution in [2.45, 2.75) is 39.5 Å². The summed E-state index contributed by atoms with van der Waals surface area (Å²) in [6.45, 7) is 5.36. The molecule has 36 heavy (non-hydrogen) atoms. The first-order valence-corrected chi connectivity index (χ1v) is 11.9. The SMILES string of the molecule is CCC(C)=C(OC(=NC)c1cn2cc(C(F)(F)F)cc(Cl)c2n1)c1cc(Cl)c(OCC(C)O)cc1Cl. The van der Waals surface area contributed by atoms with Crippen LogP contribution >= 0.6 is 34.8 Å². The van der Waals surface area contributed by atoms with E-state index in [0.717, 1.165) is 17.8 Å². The average molecular weight is 565 g/mol. The Morgan fingerprint density at radius 1 is 1.14 bits per heavy atom. The van der Waals surface area contributed by atoms with Crippen molar-refractivity contribution < 1.29 is 27.8 Å². The molecule has 0 bridgehead atoms. The Balaban J connectivity index is 2.03. The number of aliphatic hydroxyl groups excluding tert-OH is 1. The predicted molar refractivity (Wildman–Crippen MR) is 135 cm³/mol. The highest BCUT2D eigenvalue weighted by Crippen LogP contribution is 2.37. The van der Waals surface area contributed by atoms with Crippen molar-refractivity contribution >= 4 is 52.1 Å². The van der Waals surface area contributed by atoms with Crippen LogP contribution in [0.3, 0.4) is 0 Å². The lowest BCUT2D eigenvalue weighted by atomic mass is 10.1. The van der Waals surface area contributed by atoms with E-state index in [1.807, 2.05) is 13.8 Å². The summed E-state index contributed by atoms with van der Waals surface area (Å²) in [4.78, 5) is 8.46. The van der Waals surface area contributed by atoms with E-state index in [9.17, 15) is 18.3 Å². The largest absolute Gasteiger partial charge is 0.489 e. The third kappa shape index (κ3) is 6.26. The summed E-state index contributed by atoms with van der Waals surface area (Å²) in [5, 5.41) is 9.81. The Labute approximate surface area is 220 Å². The van der Waals surface area contributed by atoms with Gasteiger partial charge in [-0.25, -0.2) is 4.98 Å². The van der Waals surface area contributed by atoms with Gasteiger partial charge in [0.1, 0.15) is 23.8 Å². The molecule has 0 aliphatic heterocycles. The zero-order valence-electron chi connectivity index (χ0n) is 19.8. The van der Waals surface area contributed by atoms with Gasteiger partial charge in [-0.05, 0) is 38.0 Å². The van der Waals surface area contributed by atoms with Crippen LogP contribution in [0.15, 0.2) is 41.2 Å². The topological polar surface area (TPSA) is 68.4 Å². The number of aliphatic hydroxyl groups is 1. The maximum atomic E-state index is 13.2. The molecule has 1 unspecified atom stereocenters. The number of aromatic nitrogens is 2. The first kappa shape index (κ1) is 28.1. The molecular weight excluding hydrogens is 542 g/mol. The van der Waals surface area contributed by atoms with Gasteiger partial charge in [0.25, 0.3) is 0 Å². The highest BCUT2D eigenvalue weighted by Gasteiger charge is 2.32. The van der Waals surface area contributed by atoms with Crippen LogP contribution in [0.2, 0.25) is 15.1 Å². The quantitative estimate of drug-likeness (QED) is 0.186. The van der Waals surface area contributed by atoms with Gasteiger partial charge in [-0.3, -0.25) is 4.99 Å². The van der Waals surface area contributed by atoms with E-state index in [2.05, 4.69) is 9.98 Å². The Kier molecular flexibility index (Phi) is 8.82. The van der Waals surface area contributed by atoms with Crippen molar-refractivity contribution in [3.8, 4) is 5.75 Å². The third-order valence-electron chi connectivity index (χ3n) is 5.12. The first-order chi connectivity index (χ1) is 16.8. The highest BCUT2D eigenvalue weighted by molar-refractivity contribution is 6.35. The number of fused-ring (bicyclic) bond motifs is 1. The number of allylic oxidation sites excluding steroid dienone is 1. The molecule has 6 nitrogen and oxygen atoms in total.